The quantitative estimate of drug-likeness (QED) is 0.764. The van der Waals surface area contributed by atoms with Crippen LogP contribution in [0.2, 0.25) is 5.02 Å². The summed E-state index contributed by atoms with van der Waals surface area (Å²) >= 11 is 5.91. The molecule has 2 rings (SSSR count). The van der Waals surface area contributed by atoms with Crippen LogP contribution >= 0.6 is 11.6 Å². The van der Waals surface area contributed by atoms with Crippen molar-refractivity contribution in [2.24, 2.45) is 0 Å². The third-order valence-electron chi connectivity index (χ3n) is 3.48. The zero-order valence-corrected chi connectivity index (χ0v) is 11.9. The molecular weight excluding hydrogens is 248 g/mol. The van der Waals surface area contributed by atoms with Crippen LogP contribution in [0.25, 0.3) is 0 Å². The third kappa shape index (κ3) is 3.37. The van der Waals surface area contributed by atoms with Crippen molar-refractivity contribution >= 4 is 17.3 Å². The van der Waals surface area contributed by atoms with Crippen LogP contribution in [0.15, 0.2) is 24.3 Å². The highest BCUT2D eigenvalue weighted by atomic mass is 35.5. The Morgan fingerprint density at radius 1 is 1.39 bits per heavy atom. The predicted molar refractivity (Wildman–Crippen MR) is 76.3 cm³/mol. The van der Waals surface area contributed by atoms with Crippen molar-refractivity contribution in [1.29, 1.82) is 0 Å². The maximum Gasteiger partial charge on any atom is 0.0990 e. The number of likely N-dealkylation sites (N-methyl/N-ethyl adjacent to an activating group) is 1. The molecule has 1 aromatic rings. The lowest BCUT2D eigenvalue weighted by Gasteiger charge is -2.25. The summed E-state index contributed by atoms with van der Waals surface area (Å²) in [6.45, 7) is 5.68. The van der Waals surface area contributed by atoms with E-state index in [2.05, 4.69) is 29.0 Å². The van der Waals surface area contributed by atoms with Crippen molar-refractivity contribution in [3.05, 3.63) is 29.3 Å². The summed E-state index contributed by atoms with van der Waals surface area (Å²) in [5.74, 6) is 0. The highest BCUT2D eigenvalue weighted by molar-refractivity contribution is 6.30. The molecule has 1 aliphatic rings. The molecule has 0 saturated carbocycles. The number of nitrogens with zero attached hydrogens (tertiary/aromatic N) is 2. The van der Waals surface area contributed by atoms with Gasteiger partial charge in [-0.05, 0) is 44.7 Å². The first-order chi connectivity index (χ1) is 8.70. The maximum absolute atomic E-state index is 5.91. The maximum atomic E-state index is 5.91. The van der Waals surface area contributed by atoms with E-state index in [1.54, 1.807) is 0 Å². The molecule has 1 atom stereocenters. The molecule has 0 bridgehead atoms. The summed E-state index contributed by atoms with van der Waals surface area (Å²) in [7, 11) is 2.13. The first-order valence-electron chi connectivity index (χ1n) is 6.49. The molecule has 0 aliphatic carbocycles. The minimum absolute atomic E-state index is 0.576. The number of halogens is 1. The Labute approximate surface area is 114 Å². The average Bonchev–Trinajstić information content (AvgIpc) is 2.86. The number of anilines is 1. The zero-order valence-electron chi connectivity index (χ0n) is 11.1. The van der Waals surface area contributed by atoms with Gasteiger partial charge in [-0.15, -0.1) is 0 Å². The molecular formula is C14H21ClN2O. The summed E-state index contributed by atoms with van der Waals surface area (Å²) in [4.78, 5) is 4.70. The zero-order chi connectivity index (χ0) is 13.0. The molecule has 1 aliphatic heterocycles. The Hall–Kier alpha value is -0.770. The highest BCUT2D eigenvalue weighted by Crippen LogP contribution is 2.23. The van der Waals surface area contributed by atoms with Crippen molar-refractivity contribution in [3.8, 4) is 0 Å². The lowest BCUT2D eigenvalue weighted by atomic mass is 10.2. The monoisotopic (exact) mass is 268 g/mol. The van der Waals surface area contributed by atoms with Crippen LogP contribution in [0, 0.1) is 0 Å². The van der Waals surface area contributed by atoms with Crippen LogP contribution in [0.3, 0.4) is 0 Å². The smallest absolute Gasteiger partial charge is 0.0990 e. The molecule has 0 radical (unpaired) electrons. The van der Waals surface area contributed by atoms with Gasteiger partial charge in [0.25, 0.3) is 0 Å². The number of rotatable bonds is 5. The van der Waals surface area contributed by atoms with Crippen LogP contribution in [0.4, 0.5) is 5.69 Å². The van der Waals surface area contributed by atoms with Gasteiger partial charge in [0.1, 0.15) is 0 Å². The molecule has 0 unspecified atom stereocenters. The van der Waals surface area contributed by atoms with Crippen molar-refractivity contribution in [2.45, 2.75) is 19.4 Å². The number of hydrogen-bond donors (Lipinski definition) is 0. The van der Waals surface area contributed by atoms with E-state index in [4.69, 9.17) is 16.3 Å². The second kappa shape index (κ2) is 6.41. The average molecular weight is 269 g/mol. The minimum Gasteiger partial charge on any atom is -0.370 e. The van der Waals surface area contributed by atoms with Crippen LogP contribution in [0.5, 0.6) is 0 Å². The summed E-state index contributed by atoms with van der Waals surface area (Å²) < 4.78 is 5.45. The summed E-state index contributed by atoms with van der Waals surface area (Å²) in [6.07, 6.45) is 1.19. The standard InChI is InChI=1S/C14H21ClN2O/c1-3-18-11-16(2)14-8-9-17(10-14)13-6-4-12(15)5-7-13/h4-7,14H,3,8-11H2,1-2H3/t14-/m1/s1. The van der Waals surface area contributed by atoms with E-state index in [0.717, 1.165) is 31.4 Å². The van der Waals surface area contributed by atoms with Crippen molar-refractivity contribution in [3.63, 3.8) is 0 Å². The SMILES string of the molecule is CCOCN(C)[C@@H]1CCN(c2ccc(Cl)cc2)C1. The summed E-state index contributed by atoms with van der Waals surface area (Å²) in [6, 6.07) is 8.66. The Bertz CT molecular complexity index is 369. The molecule has 4 heteroatoms. The van der Waals surface area contributed by atoms with Gasteiger partial charge in [0, 0.05) is 36.4 Å². The van der Waals surface area contributed by atoms with Gasteiger partial charge in [0.15, 0.2) is 0 Å². The summed E-state index contributed by atoms with van der Waals surface area (Å²) in [5, 5.41) is 0.794. The van der Waals surface area contributed by atoms with E-state index < -0.39 is 0 Å². The molecule has 3 nitrogen and oxygen atoms in total. The molecule has 100 valence electrons. The Morgan fingerprint density at radius 3 is 2.78 bits per heavy atom. The van der Waals surface area contributed by atoms with Gasteiger partial charge >= 0.3 is 0 Å². The van der Waals surface area contributed by atoms with Gasteiger partial charge in [-0.1, -0.05) is 11.6 Å². The van der Waals surface area contributed by atoms with Crippen LogP contribution in [-0.4, -0.2) is 44.4 Å². The molecule has 1 heterocycles. The van der Waals surface area contributed by atoms with Gasteiger partial charge < -0.3 is 9.64 Å². The molecule has 0 N–H and O–H groups in total. The number of benzene rings is 1. The van der Waals surface area contributed by atoms with Crippen molar-refractivity contribution in [1.82, 2.24) is 4.90 Å². The second-order valence-electron chi connectivity index (χ2n) is 4.74. The Balaban J connectivity index is 1.89. The normalized spacial score (nSPS) is 19.8. The largest absolute Gasteiger partial charge is 0.370 e. The lowest BCUT2D eigenvalue weighted by Crippen LogP contribution is -2.36. The second-order valence-corrected chi connectivity index (χ2v) is 5.18. The molecule has 0 amide bonds. The Morgan fingerprint density at radius 2 is 2.11 bits per heavy atom. The molecule has 0 aromatic heterocycles. The topological polar surface area (TPSA) is 15.7 Å². The fourth-order valence-electron chi connectivity index (χ4n) is 2.33. The van der Waals surface area contributed by atoms with Gasteiger partial charge in [0.05, 0.1) is 6.73 Å². The molecule has 1 saturated heterocycles. The van der Waals surface area contributed by atoms with Gasteiger partial charge in [-0.2, -0.15) is 0 Å². The predicted octanol–water partition coefficient (Wildman–Crippen LogP) is 2.84. The van der Waals surface area contributed by atoms with Crippen LogP contribution < -0.4 is 4.90 Å². The lowest BCUT2D eigenvalue weighted by molar-refractivity contribution is 0.0318. The first kappa shape index (κ1) is 13.7. The minimum atomic E-state index is 0.576. The number of hydrogen-bond acceptors (Lipinski definition) is 3. The van der Waals surface area contributed by atoms with Crippen molar-refractivity contribution < 1.29 is 4.74 Å². The third-order valence-corrected chi connectivity index (χ3v) is 3.73. The fraction of sp³-hybridized carbons (Fsp3) is 0.571. The van der Waals surface area contributed by atoms with E-state index in [0.29, 0.717) is 6.04 Å². The highest BCUT2D eigenvalue weighted by Gasteiger charge is 2.25. The van der Waals surface area contributed by atoms with E-state index in [1.165, 1.54) is 12.1 Å². The van der Waals surface area contributed by atoms with Crippen LogP contribution in [0.1, 0.15) is 13.3 Å². The molecule has 0 spiro atoms. The van der Waals surface area contributed by atoms with Crippen LogP contribution in [-0.2, 0) is 4.74 Å². The molecule has 1 fully saturated rings. The molecule has 18 heavy (non-hydrogen) atoms. The van der Waals surface area contributed by atoms with E-state index in [1.807, 2.05) is 19.1 Å². The van der Waals surface area contributed by atoms with Gasteiger partial charge in [-0.3, -0.25) is 4.90 Å². The van der Waals surface area contributed by atoms with Crippen molar-refractivity contribution in [2.75, 3.05) is 38.4 Å². The Kier molecular flexibility index (Phi) is 4.87. The van der Waals surface area contributed by atoms with Gasteiger partial charge in [-0.25, -0.2) is 0 Å². The van der Waals surface area contributed by atoms with E-state index in [9.17, 15) is 0 Å². The van der Waals surface area contributed by atoms with E-state index in [-0.39, 0.29) is 0 Å². The summed E-state index contributed by atoms with van der Waals surface area (Å²) in [5.41, 5.74) is 1.26. The fourth-order valence-corrected chi connectivity index (χ4v) is 2.45. The van der Waals surface area contributed by atoms with E-state index >= 15 is 0 Å². The first-order valence-corrected chi connectivity index (χ1v) is 6.87. The molecule has 1 aromatic carbocycles. The number of ether oxygens (including phenoxy) is 1. The van der Waals surface area contributed by atoms with Gasteiger partial charge in [0.2, 0.25) is 0 Å².